The van der Waals surface area contributed by atoms with Gasteiger partial charge in [0.05, 0.1) is 7.11 Å². The van der Waals surface area contributed by atoms with Crippen molar-refractivity contribution in [3.05, 3.63) is 91.0 Å². The molecule has 4 rings (SSSR count). The largest absolute Gasteiger partial charge is 0.497 e. The zero-order valence-corrected chi connectivity index (χ0v) is 13.6. The van der Waals surface area contributed by atoms with Crippen LogP contribution in [0.1, 0.15) is 0 Å². The number of hydrogen-bond acceptors (Lipinski definition) is 1. The Morgan fingerprint density at radius 2 is 1.25 bits per heavy atom. The SMILES string of the molecule is COc1ccc2cc(-c3ccccc3)cc(-c3ccccc3)c2c1. The van der Waals surface area contributed by atoms with Crippen molar-refractivity contribution in [2.45, 2.75) is 0 Å². The molecule has 0 spiro atoms. The summed E-state index contributed by atoms with van der Waals surface area (Å²) in [6, 6.07) is 31.8. The van der Waals surface area contributed by atoms with Crippen LogP contribution in [0.4, 0.5) is 0 Å². The van der Waals surface area contributed by atoms with Crippen molar-refractivity contribution in [2.75, 3.05) is 7.11 Å². The summed E-state index contributed by atoms with van der Waals surface area (Å²) in [5.74, 6) is 0.882. The van der Waals surface area contributed by atoms with E-state index in [4.69, 9.17) is 4.74 Å². The van der Waals surface area contributed by atoms with Gasteiger partial charge in [-0.3, -0.25) is 0 Å². The standard InChI is InChI=1S/C23H18O/c1-24-21-13-12-19-14-20(17-8-4-2-5-9-17)15-22(23(19)16-21)18-10-6-3-7-11-18/h2-16H,1H3. The Hall–Kier alpha value is -3.06. The number of ether oxygens (including phenoxy) is 1. The maximum atomic E-state index is 5.43. The Kier molecular flexibility index (Phi) is 3.76. The lowest BCUT2D eigenvalue weighted by atomic mass is 9.93. The number of benzene rings is 4. The van der Waals surface area contributed by atoms with E-state index in [1.165, 1.54) is 33.0 Å². The van der Waals surface area contributed by atoms with Gasteiger partial charge in [-0.2, -0.15) is 0 Å². The summed E-state index contributed by atoms with van der Waals surface area (Å²) in [5.41, 5.74) is 4.90. The number of hydrogen-bond donors (Lipinski definition) is 0. The molecule has 0 saturated heterocycles. The lowest BCUT2D eigenvalue weighted by molar-refractivity contribution is 0.415. The van der Waals surface area contributed by atoms with Gasteiger partial charge in [-0.1, -0.05) is 66.7 Å². The first-order chi connectivity index (χ1) is 11.8. The van der Waals surface area contributed by atoms with Gasteiger partial charge in [0.15, 0.2) is 0 Å². The monoisotopic (exact) mass is 310 g/mol. The number of fused-ring (bicyclic) bond motifs is 1. The van der Waals surface area contributed by atoms with E-state index in [1.807, 2.05) is 18.2 Å². The molecule has 24 heavy (non-hydrogen) atoms. The Morgan fingerprint density at radius 3 is 1.92 bits per heavy atom. The minimum Gasteiger partial charge on any atom is -0.497 e. The lowest BCUT2D eigenvalue weighted by Gasteiger charge is -2.12. The van der Waals surface area contributed by atoms with E-state index >= 15 is 0 Å². The highest BCUT2D eigenvalue weighted by Gasteiger charge is 2.09. The van der Waals surface area contributed by atoms with Crippen LogP contribution in [0.25, 0.3) is 33.0 Å². The van der Waals surface area contributed by atoms with Gasteiger partial charge < -0.3 is 4.74 Å². The molecule has 0 aliphatic rings. The fraction of sp³-hybridized carbons (Fsp3) is 0.0435. The average Bonchev–Trinajstić information content (AvgIpc) is 2.68. The molecule has 0 aromatic heterocycles. The zero-order valence-electron chi connectivity index (χ0n) is 13.6. The van der Waals surface area contributed by atoms with Crippen LogP contribution in [0.15, 0.2) is 91.0 Å². The lowest BCUT2D eigenvalue weighted by Crippen LogP contribution is -1.87. The van der Waals surface area contributed by atoms with Crippen LogP contribution in [0.2, 0.25) is 0 Å². The summed E-state index contributed by atoms with van der Waals surface area (Å²) < 4.78 is 5.43. The first-order valence-corrected chi connectivity index (χ1v) is 8.08. The summed E-state index contributed by atoms with van der Waals surface area (Å²) in [5, 5.41) is 2.43. The molecule has 0 amide bonds. The number of methoxy groups -OCH3 is 1. The fourth-order valence-electron chi connectivity index (χ4n) is 3.12. The second-order valence-electron chi connectivity index (χ2n) is 5.84. The van der Waals surface area contributed by atoms with Crippen molar-refractivity contribution >= 4 is 10.8 Å². The molecule has 0 saturated carbocycles. The molecule has 0 radical (unpaired) electrons. The summed E-state index contributed by atoms with van der Waals surface area (Å²) in [4.78, 5) is 0. The van der Waals surface area contributed by atoms with Gasteiger partial charge in [-0.25, -0.2) is 0 Å². The van der Waals surface area contributed by atoms with Crippen molar-refractivity contribution in [1.29, 1.82) is 0 Å². The molecular formula is C23H18O. The Bertz CT molecular complexity index is 973. The van der Waals surface area contributed by atoms with Gasteiger partial charge in [-0.05, 0) is 57.3 Å². The van der Waals surface area contributed by atoms with Gasteiger partial charge in [0, 0.05) is 0 Å². The van der Waals surface area contributed by atoms with Gasteiger partial charge in [0.2, 0.25) is 0 Å². The molecule has 0 heterocycles. The van der Waals surface area contributed by atoms with E-state index in [0.717, 1.165) is 5.75 Å². The van der Waals surface area contributed by atoms with E-state index in [2.05, 4.69) is 72.8 Å². The predicted octanol–water partition coefficient (Wildman–Crippen LogP) is 6.18. The van der Waals surface area contributed by atoms with Gasteiger partial charge in [0.25, 0.3) is 0 Å². The van der Waals surface area contributed by atoms with Crippen molar-refractivity contribution in [1.82, 2.24) is 0 Å². The van der Waals surface area contributed by atoms with Crippen LogP contribution in [-0.4, -0.2) is 7.11 Å². The second-order valence-corrected chi connectivity index (χ2v) is 5.84. The van der Waals surface area contributed by atoms with E-state index in [0.29, 0.717) is 0 Å². The Balaban J connectivity index is 2.02. The van der Waals surface area contributed by atoms with Crippen LogP contribution < -0.4 is 4.74 Å². The molecule has 0 fully saturated rings. The molecule has 0 aliphatic carbocycles. The second kappa shape index (κ2) is 6.21. The van der Waals surface area contributed by atoms with E-state index in [-0.39, 0.29) is 0 Å². The summed E-state index contributed by atoms with van der Waals surface area (Å²) in [6.07, 6.45) is 0. The van der Waals surface area contributed by atoms with Gasteiger partial charge in [-0.15, -0.1) is 0 Å². The van der Waals surface area contributed by atoms with Crippen LogP contribution in [0, 0.1) is 0 Å². The molecule has 0 aliphatic heterocycles. The summed E-state index contributed by atoms with van der Waals surface area (Å²) in [7, 11) is 1.71. The molecular weight excluding hydrogens is 292 g/mol. The smallest absolute Gasteiger partial charge is 0.119 e. The molecule has 4 aromatic rings. The fourth-order valence-corrected chi connectivity index (χ4v) is 3.12. The van der Waals surface area contributed by atoms with Crippen molar-refractivity contribution in [2.24, 2.45) is 0 Å². The highest BCUT2D eigenvalue weighted by molar-refractivity contribution is 6.00. The zero-order chi connectivity index (χ0) is 16.4. The highest BCUT2D eigenvalue weighted by atomic mass is 16.5. The van der Waals surface area contributed by atoms with Crippen molar-refractivity contribution in [3.63, 3.8) is 0 Å². The molecule has 1 nitrogen and oxygen atoms in total. The van der Waals surface area contributed by atoms with Gasteiger partial charge >= 0.3 is 0 Å². The summed E-state index contributed by atoms with van der Waals surface area (Å²) >= 11 is 0. The third-order valence-electron chi connectivity index (χ3n) is 4.35. The quantitative estimate of drug-likeness (QED) is 0.439. The van der Waals surface area contributed by atoms with Crippen LogP contribution >= 0.6 is 0 Å². The Morgan fingerprint density at radius 1 is 0.583 bits per heavy atom. The molecule has 0 bridgehead atoms. The van der Waals surface area contributed by atoms with E-state index in [9.17, 15) is 0 Å². The minimum absolute atomic E-state index is 0.882. The highest BCUT2D eigenvalue weighted by Crippen LogP contribution is 2.35. The summed E-state index contributed by atoms with van der Waals surface area (Å²) in [6.45, 7) is 0. The molecule has 116 valence electrons. The van der Waals surface area contributed by atoms with Gasteiger partial charge in [0.1, 0.15) is 5.75 Å². The molecule has 0 N–H and O–H groups in total. The van der Waals surface area contributed by atoms with Crippen LogP contribution in [0.5, 0.6) is 5.75 Å². The molecule has 0 atom stereocenters. The first-order valence-electron chi connectivity index (χ1n) is 8.08. The molecule has 0 unspecified atom stereocenters. The number of rotatable bonds is 3. The molecule has 4 aromatic carbocycles. The topological polar surface area (TPSA) is 9.23 Å². The minimum atomic E-state index is 0.882. The predicted molar refractivity (Wildman–Crippen MR) is 101 cm³/mol. The molecule has 1 heteroatoms. The van der Waals surface area contributed by atoms with Crippen molar-refractivity contribution < 1.29 is 4.74 Å². The van der Waals surface area contributed by atoms with Crippen LogP contribution in [-0.2, 0) is 0 Å². The third kappa shape index (κ3) is 2.65. The normalized spacial score (nSPS) is 10.7. The Labute approximate surface area is 142 Å². The average molecular weight is 310 g/mol. The van der Waals surface area contributed by atoms with E-state index in [1.54, 1.807) is 7.11 Å². The van der Waals surface area contributed by atoms with Crippen LogP contribution in [0.3, 0.4) is 0 Å². The maximum absolute atomic E-state index is 5.43. The maximum Gasteiger partial charge on any atom is 0.119 e. The third-order valence-corrected chi connectivity index (χ3v) is 4.35. The van der Waals surface area contributed by atoms with E-state index < -0.39 is 0 Å². The first kappa shape index (κ1) is 14.5. The van der Waals surface area contributed by atoms with Crippen molar-refractivity contribution in [3.8, 4) is 28.0 Å².